The van der Waals surface area contributed by atoms with Gasteiger partial charge in [-0.1, -0.05) is 12.1 Å². The van der Waals surface area contributed by atoms with Crippen molar-refractivity contribution in [3.05, 3.63) is 46.8 Å². The number of sulfonamides is 1. The third-order valence-electron chi connectivity index (χ3n) is 5.11. The van der Waals surface area contributed by atoms with Crippen LogP contribution in [0.2, 0.25) is 0 Å². The third kappa shape index (κ3) is 4.22. The zero-order valence-electron chi connectivity index (χ0n) is 16.0. The molecule has 0 spiro atoms. The monoisotopic (exact) mass is 390 g/mol. The van der Waals surface area contributed by atoms with Crippen molar-refractivity contribution < 1.29 is 13.2 Å². The van der Waals surface area contributed by atoms with E-state index in [0.717, 1.165) is 35.4 Å². The molecule has 1 fully saturated rings. The van der Waals surface area contributed by atoms with Gasteiger partial charge in [0, 0.05) is 37.9 Å². The van der Waals surface area contributed by atoms with E-state index in [9.17, 15) is 13.2 Å². The molecule has 0 atom stereocenters. The predicted molar refractivity (Wildman–Crippen MR) is 103 cm³/mol. The second kappa shape index (κ2) is 7.82. The molecule has 0 radical (unpaired) electrons. The predicted octanol–water partition coefficient (Wildman–Crippen LogP) is 1.68. The Morgan fingerprint density at radius 3 is 2.33 bits per heavy atom. The molecule has 0 aliphatic carbocycles. The Bertz CT molecular complexity index is 927. The number of hydrogen-bond donors (Lipinski definition) is 1. The summed E-state index contributed by atoms with van der Waals surface area (Å²) in [7, 11) is -1.54. The van der Waals surface area contributed by atoms with Gasteiger partial charge in [0.15, 0.2) is 0 Å². The lowest BCUT2D eigenvalue weighted by atomic mass is 10.1. The van der Waals surface area contributed by atoms with Gasteiger partial charge in [-0.05, 0) is 44.4 Å². The Hall–Kier alpha value is -2.19. The number of carbonyl (C=O) groups is 1. The van der Waals surface area contributed by atoms with Crippen LogP contribution in [0.25, 0.3) is 0 Å². The van der Waals surface area contributed by atoms with E-state index in [4.69, 9.17) is 0 Å². The van der Waals surface area contributed by atoms with Crippen LogP contribution in [0.4, 0.5) is 0 Å². The van der Waals surface area contributed by atoms with E-state index in [1.807, 2.05) is 20.9 Å². The number of aryl methyl sites for hydroxylation is 2. The van der Waals surface area contributed by atoms with Crippen molar-refractivity contribution in [2.45, 2.75) is 44.6 Å². The molecule has 0 unspecified atom stereocenters. The van der Waals surface area contributed by atoms with Crippen molar-refractivity contribution in [1.82, 2.24) is 19.4 Å². The molecule has 1 N–H and O–H groups in total. The maximum atomic E-state index is 12.5. The molecule has 3 rings (SSSR count). The van der Waals surface area contributed by atoms with Gasteiger partial charge in [0.05, 0.1) is 17.0 Å². The lowest BCUT2D eigenvalue weighted by Gasteiger charge is -2.15. The van der Waals surface area contributed by atoms with Gasteiger partial charge in [0.2, 0.25) is 15.9 Å². The van der Waals surface area contributed by atoms with Gasteiger partial charge in [0.1, 0.15) is 0 Å². The zero-order chi connectivity index (χ0) is 19.6. The molecule has 2 aromatic rings. The number of carbonyl (C=O) groups excluding carboxylic acids is 1. The first-order valence-corrected chi connectivity index (χ1v) is 10.6. The largest absolute Gasteiger partial charge is 0.352 e. The Morgan fingerprint density at radius 2 is 1.78 bits per heavy atom. The van der Waals surface area contributed by atoms with Gasteiger partial charge in [-0.2, -0.15) is 9.40 Å². The Labute approximate surface area is 160 Å². The first-order chi connectivity index (χ1) is 12.8. The van der Waals surface area contributed by atoms with E-state index < -0.39 is 10.0 Å². The fourth-order valence-electron chi connectivity index (χ4n) is 3.35. The number of nitrogens with one attached hydrogen (secondary N) is 1. The van der Waals surface area contributed by atoms with Crippen molar-refractivity contribution in [3.8, 4) is 0 Å². The zero-order valence-corrected chi connectivity index (χ0v) is 16.8. The second-order valence-corrected chi connectivity index (χ2v) is 8.92. The molecule has 2 heterocycles. The second-order valence-electron chi connectivity index (χ2n) is 6.98. The van der Waals surface area contributed by atoms with Crippen LogP contribution in [0.15, 0.2) is 29.2 Å². The maximum absolute atomic E-state index is 12.5. The van der Waals surface area contributed by atoms with E-state index in [1.54, 1.807) is 28.9 Å². The quantitative estimate of drug-likeness (QED) is 0.813. The Kier molecular flexibility index (Phi) is 5.67. The SMILES string of the molecule is Cc1nn(C)c(C)c1CC(=O)NCc1ccc(S(=O)(=O)N2CCCC2)cc1. The number of aromatic nitrogens is 2. The first kappa shape index (κ1) is 19.6. The number of benzene rings is 1. The minimum atomic E-state index is -3.40. The van der Waals surface area contributed by atoms with E-state index in [-0.39, 0.29) is 12.3 Å². The minimum Gasteiger partial charge on any atom is -0.352 e. The van der Waals surface area contributed by atoms with Crippen LogP contribution in [0.5, 0.6) is 0 Å². The van der Waals surface area contributed by atoms with Gasteiger partial charge in [-0.15, -0.1) is 0 Å². The first-order valence-electron chi connectivity index (χ1n) is 9.14. The van der Waals surface area contributed by atoms with Crippen LogP contribution in [-0.4, -0.2) is 41.5 Å². The Morgan fingerprint density at radius 1 is 1.15 bits per heavy atom. The average Bonchev–Trinajstić information content (AvgIpc) is 3.26. The van der Waals surface area contributed by atoms with Crippen LogP contribution in [0, 0.1) is 13.8 Å². The molecule has 27 heavy (non-hydrogen) atoms. The van der Waals surface area contributed by atoms with E-state index in [0.29, 0.717) is 24.5 Å². The Balaban J connectivity index is 1.59. The van der Waals surface area contributed by atoms with Crippen molar-refractivity contribution in [3.63, 3.8) is 0 Å². The normalized spacial score (nSPS) is 15.2. The summed E-state index contributed by atoms with van der Waals surface area (Å²) in [5.41, 5.74) is 3.66. The minimum absolute atomic E-state index is 0.0806. The summed E-state index contributed by atoms with van der Waals surface area (Å²) < 4.78 is 28.4. The average molecular weight is 391 g/mol. The standard InChI is InChI=1S/C19H26N4O3S/c1-14-18(15(2)22(3)21-14)12-19(24)20-13-16-6-8-17(9-7-16)27(25,26)23-10-4-5-11-23/h6-9H,4-5,10-13H2,1-3H3,(H,20,24). The smallest absolute Gasteiger partial charge is 0.243 e. The highest BCUT2D eigenvalue weighted by atomic mass is 32.2. The summed E-state index contributed by atoms with van der Waals surface area (Å²) in [6.45, 7) is 5.39. The molecule has 8 heteroatoms. The molecule has 7 nitrogen and oxygen atoms in total. The highest BCUT2D eigenvalue weighted by molar-refractivity contribution is 7.89. The third-order valence-corrected chi connectivity index (χ3v) is 7.02. The van der Waals surface area contributed by atoms with E-state index >= 15 is 0 Å². The number of amides is 1. The van der Waals surface area contributed by atoms with Crippen molar-refractivity contribution in [1.29, 1.82) is 0 Å². The molecule has 1 aliphatic heterocycles. The van der Waals surface area contributed by atoms with Crippen LogP contribution >= 0.6 is 0 Å². The highest BCUT2D eigenvalue weighted by Crippen LogP contribution is 2.21. The fourth-order valence-corrected chi connectivity index (χ4v) is 4.87. The topological polar surface area (TPSA) is 84.3 Å². The molecular formula is C19H26N4O3S. The summed E-state index contributed by atoms with van der Waals surface area (Å²) in [6.07, 6.45) is 2.12. The number of hydrogen-bond acceptors (Lipinski definition) is 4. The van der Waals surface area contributed by atoms with Gasteiger partial charge >= 0.3 is 0 Å². The molecule has 146 valence electrons. The van der Waals surface area contributed by atoms with Crippen LogP contribution in [-0.2, 0) is 34.8 Å². The van der Waals surface area contributed by atoms with Crippen molar-refractivity contribution in [2.24, 2.45) is 7.05 Å². The molecule has 1 aromatic carbocycles. The summed E-state index contributed by atoms with van der Waals surface area (Å²) in [4.78, 5) is 12.6. The van der Waals surface area contributed by atoms with Crippen LogP contribution < -0.4 is 5.32 Å². The summed E-state index contributed by atoms with van der Waals surface area (Å²) in [5, 5.41) is 7.21. The molecule has 1 aliphatic rings. The van der Waals surface area contributed by atoms with Crippen LogP contribution in [0.3, 0.4) is 0 Å². The maximum Gasteiger partial charge on any atom is 0.243 e. The van der Waals surface area contributed by atoms with Gasteiger partial charge < -0.3 is 5.32 Å². The van der Waals surface area contributed by atoms with Gasteiger partial charge in [-0.25, -0.2) is 8.42 Å². The lowest BCUT2D eigenvalue weighted by molar-refractivity contribution is -0.120. The van der Waals surface area contributed by atoms with Crippen molar-refractivity contribution in [2.75, 3.05) is 13.1 Å². The molecule has 1 amide bonds. The van der Waals surface area contributed by atoms with Gasteiger partial charge in [0.25, 0.3) is 0 Å². The summed E-state index contributed by atoms with van der Waals surface area (Å²) >= 11 is 0. The van der Waals surface area contributed by atoms with Crippen LogP contribution in [0.1, 0.15) is 35.4 Å². The van der Waals surface area contributed by atoms with Crippen molar-refractivity contribution >= 4 is 15.9 Å². The highest BCUT2D eigenvalue weighted by Gasteiger charge is 2.26. The van der Waals surface area contributed by atoms with E-state index in [2.05, 4.69) is 10.4 Å². The molecular weight excluding hydrogens is 364 g/mol. The van der Waals surface area contributed by atoms with E-state index in [1.165, 1.54) is 4.31 Å². The molecule has 0 saturated carbocycles. The number of nitrogens with zero attached hydrogens (tertiary/aromatic N) is 3. The fraction of sp³-hybridized carbons (Fsp3) is 0.474. The lowest BCUT2D eigenvalue weighted by Crippen LogP contribution is -2.28. The molecule has 0 bridgehead atoms. The van der Waals surface area contributed by atoms with Gasteiger partial charge in [-0.3, -0.25) is 9.48 Å². The summed E-state index contributed by atoms with van der Waals surface area (Å²) in [5.74, 6) is -0.0806. The number of rotatable bonds is 6. The molecule has 1 saturated heterocycles. The summed E-state index contributed by atoms with van der Waals surface area (Å²) in [6, 6.07) is 6.74. The molecule has 1 aromatic heterocycles.